The Bertz CT molecular complexity index is 1130. The van der Waals surface area contributed by atoms with E-state index < -0.39 is 58.3 Å². The lowest BCUT2D eigenvalue weighted by atomic mass is 10.0. The maximum absolute atomic E-state index is 13.1. The zero-order chi connectivity index (χ0) is 25.3. The number of carbonyl (C=O) groups excluding carboxylic acids is 5. The first-order valence-corrected chi connectivity index (χ1v) is 11.5. The molecule has 0 aliphatic carbocycles. The first-order valence-electron chi connectivity index (χ1n) is 10.1. The molecule has 1 aromatic rings. The first kappa shape index (κ1) is 25.1. The quantitative estimate of drug-likeness (QED) is 0.170. The molecule has 0 bridgehead atoms. The summed E-state index contributed by atoms with van der Waals surface area (Å²) in [5, 5.41) is 4.63. The molecule has 0 spiro atoms. The molecule has 14 nitrogen and oxygen atoms in total. The number of ether oxygens (including phenoxy) is 1. The van der Waals surface area contributed by atoms with Crippen molar-refractivity contribution in [3.05, 3.63) is 35.9 Å². The molecule has 3 rings (SSSR count). The normalized spacial score (nSPS) is 21.7. The number of hydrogen-bond donors (Lipinski definition) is 3. The van der Waals surface area contributed by atoms with E-state index in [4.69, 9.17) is 9.29 Å². The number of β-lactam (4-membered cyclic amide) rings is 1. The predicted octanol–water partition coefficient (Wildman–Crippen LogP) is -1.77. The number of benzene rings is 1. The van der Waals surface area contributed by atoms with E-state index in [1.165, 1.54) is 17.0 Å². The molecule has 3 N–H and O–H groups in total. The van der Waals surface area contributed by atoms with Gasteiger partial charge in [-0.1, -0.05) is 30.3 Å². The summed E-state index contributed by atoms with van der Waals surface area (Å²) >= 11 is 0. The SMILES string of the molecule is CCN1CCN(C(=O)N[C@@H](C(=O)NC2(OC)CN(S(=O)(=O)O)C2=O)c2ccccc2)C(=O)C1=O. The number of hydrogen-bond acceptors (Lipinski definition) is 8. The molecule has 2 aliphatic rings. The maximum atomic E-state index is 13.1. The van der Waals surface area contributed by atoms with Crippen LogP contribution in [0.3, 0.4) is 0 Å². The maximum Gasteiger partial charge on any atom is 0.362 e. The Morgan fingerprint density at radius 1 is 1.15 bits per heavy atom. The molecular weight excluding hydrogens is 474 g/mol. The number of nitrogens with one attached hydrogen (secondary N) is 2. The summed E-state index contributed by atoms with van der Waals surface area (Å²) in [6, 6.07) is 5.36. The number of imide groups is 1. The summed E-state index contributed by atoms with van der Waals surface area (Å²) in [4.78, 5) is 64.7. The van der Waals surface area contributed by atoms with E-state index in [0.717, 1.165) is 7.11 Å². The minimum atomic E-state index is -4.85. The van der Waals surface area contributed by atoms with Gasteiger partial charge in [-0.3, -0.25) is 28.6 Å². The molecule has 2 heterocycles. The monoisotopic (exact) mass is 497 g/mol. The lowest BCUT2D eigenvalue weighted by molar-refractivity contribution is -0.180. The summed E-state index contributed by atoms with van der Waals surface area (Å²) in [6.45, 7) is 1.32. The van der Waals surface area contributed by atoms with E-state index >= 15 is 0 Å². The van der Waals surface area contributed by atoms with Gasteiger partial charge >= 0.3 is 28.1 Å². The molecule has 2 fully saturated rings. The van der Waals surface area contributed by atoms with Crippen molar-refractivity contribution in [2.75, 3.05) is 33.3 Å². The number of amides is 6. The van der Waals surface area contributed by atoms with Gasteiger partial charge in [-0.2, -0.15) is 8.42 Å². The molecule has 0 saturated carbocycles. The zero-order valence-electron chi connectivity index (χ0n) is 18.3. The number of likely N-dealkylation sites (N-methyl/N-ethyl adjacent to an activating group) is 1. The van der Waals surface area contributed by atoms with Crippen molar-refractivity contribution >= 4 is 40.0 Å². The number of methoxy groups -OCH3 is 1. The lowest BCUT2D eigenvalue weighted by Crippen LogP contribution is -2.76. The van der Waals surface area contributed by atoms with Crippen LogP contribution in [0.25, 0.3) is 0 Å². The second kappa shape index (κ2) is 9.36. The van der Waals surface area contributed by atoms with Gasteiger partial charge in [0, 0.05) is 26.7 Å². The molecule has 1 aromatic carbocycles. The van der Waals surface area contributed by atoms with E-state index in [1.54, 1.807) is 25.1 Å². The van der Waals surface area contributed by atoms with Crippen LogP contribution in [0.2, 0.25) is 0 Å². The second-order valence-electron chi connectivity index (χ2n) is 7.44. The van der Waals surface area contributed by atoms with Crippen molar-refractivity contribution in [2.24, 2.45) is 0 Å². The molecule has 184 valence electrons. The third kappa shape index (κ3) is 4.57. The van der Waals surface area contributed by atoms with Crippen molar-refractivity contribution in [3.8, 4) is 0 Å². The molecule has 34 heavy (non-hydrogen) atoms. The van der Waals surface area contributed by atoms with Gasteiger partial charge in [0.05, 0.1) is 6.54 Å². The van der Waals surface area contributed by atoms with Crippen LogP contribution in [0, 0.1) is 0 Å². The van der Waals surface area contributed by atoms with Crippen molar-refractivity contribution in [3.63, 3.8) is 0 Å². The molecular formula is C19H23N5O9S. The van der Waals surface area contributed by atoms with Crippen molar-refractivity contribution < 1.29 is 41.7 Å². The van der Waals surface area contributed by atoms with E-state index in [2.05, 4.69) is 10.6 Å². The van der Waals surface area contributed by atoms with Crippen LogP contribution in [0.4, 0.5) is 4.79 Å². The van der Waals surface area contributed by atoms with Crippen LogP contribution in [0.5, 0.6) is 0 Å². The summed E-state index contributed by atoms with van der Waals surface area (Å²) in [7, 11) is -3.80. The van der Waals surface area contributed by atoms with Gasteiger partial charge in [-0.15, -0.1) is 0 Å². The van der Waals surface area contributed by atoms with E-state index in [-0.39, 0.29) is 23.0 Å². The largest absolute Gasteiger partial charge is 0.362 e. The van der Waals surface area contributed by atoms with Crippen LogP contribution in [0.15, 0.2) is 30.3 Å². The molecule has 2 saturated heterocycles. The number of carbonyl (C=O) groups is 5. The van der Waals surface area contributed by atoms with Crippen LogP contribution >= 0.6 is 0 Å². The van der Waals surface area contributed by atoms with Crippen molar-refractivity contribution in [2.45, 2.75) is 18.7 Å². The fourth-order valence-electron chi connectivity index (χ4n) is 3.52. The van der Waals surface area contributed by atoms with Crippen LogP contribution in [-0.4, -0.2) is 95.7 Å². The minimum Gasteiger partial charge on any atom is -0.349 e. The average molecular weight is 497 g/mol. The smallest absolute Gasteiger partial charge is 0.349 e. The topological polar surface area (TPSA) is 183 Å². The second-order valence-corrected chi connectivity index (χ2v) is 8.78. The highest BCUT2D eigenvalue weighted by Crippen LogP contribution is 2.27. The Morgan fingerprint density at radius 3 is 2.32 bits per heavy atom. The average Bonchev–Trinajstić information content (AvgIpc) is 2.80. The van der Waals surface area contributed by atoms with Crippen molar-refractivity contribution in [1.29, 1.82) is 0 Å². The Kier molecular flexibility index (Phi) is 6.90. The molecule has 0 radical (unpaired) electrons. The number of urea groups is 1. The number of rotatable bonds is 7. The summed E-state index contributed by atoms with van der Waals surface area (Å²) in [5.41, 5.74) is -1.83. The molecule has 2 aliphatic heterocycles. The van der Waals surface area contributed by atoms with Gasteiger partial charge < -0.3 is 20.3 Å². The van der Waals surface area contributed by atoms with Crippen molar-refractivity contribution in [1.82, 2.24) is 24.7 Å². The Balaban J connectivity index is 1.81. The third-order valence-corrected chi connectivity index (χ3v) is 6.34. The summed E-state index contributed by atoms with van der Waals surface area (Å²) in [5.74, 6) is -4.10. The van der Waals surface area contributed by atoms with Gasteiger partial charge in [0.1, 0.15) is 6.04 Å². The number of nitrogens with zero attached hydrogens (tertiary/aromatic N) is 3. The summed E-state index contributed by atoms with van der Waals surface area (Å²) in [6.07, 6.45) is 0. The Labute approximate surface area is 194 Å². The molecule has 1 unspecified atom stereocenters. The highest BCUT2D eigenvalue weighted by Gasteiger charge is 2.59. The van der Waals surface area contributed by atoms with E-state index in [1.807, 2.05) is 0 Å². The fourth-order valence-corrected chi connectivity index (χ4v) is 4.22. The van der Waals surface area contributed by atoms with Gasteiger partial charge in [-0.25, -0.2) is 9.10 Å². The van der Waals surface area contributed by atoms with Crippen LogP contribution in [0.1, 0.15) is 18.5 Å². The van der Waals surface area contributed by atoms with E-state index in [9.17, 15) is 32.4 Å². The summed E-state index contributed by atoms with van der Waals surface area (Å²) < 4.78 is 36.7. The molecule has 15 heteroatoms. The predicted molar refractivity (Wildman–Crippen MR) is 113 cm³/mol. The first-order chi connectivity index (χ1) is 15.9. The standard InChI is InChI=1S/C19H23N5O9S/c1-3-22-9-10-23(16(27)15(22)26)18(29)20-13(12-7-5-4-6-8-12)14(25)21-19(33-2)11-24(17(19)28)34(30,31)32/h4-8,13H,3,9-11H2,1-2H3,(H,20,29)(H,21,25)(H,30,31,32)/t13-,19?/m1/s1. The highest BCUT2D eigenvalue weighted by atomic mass is 32.2. The van der Waals surface area contributed by atoms with Gasteiger partial charge in [0.25, 0.3) is 5.91 Å². The van der Waals surface area contributed by atoms with Crippen LogP contribution in [-0.2, 0) is 34.2 Å². The van der Waals surface area contributed by atoms with E-state index in [0.29, 0.717) is 11.4 Å². The minimum absolute atomic E-state index is 0.0861. The Hall–Kier alpha value is -3.56. The lowest BCUT2D eigenvalue weighted by Gasteiger charge is -2.45. The zero-order valence-corrected chi connectivity index (χ0v) is 19.1. The fraction of sp³-hybridized carbons (Fsp3) is 0.421. The highest BCUT2D eigenvalue weighted by molar-refractivity contribution is 7.84. The Morgan fingerprint density at radius 2 is 1.79 bits per heavy atom. The van der Waals surface area contributed by atoms with Gasteiger partial charge in [-0.05, 0) is 12.5 Å². The van der Waals surface area contributed by atoms with Crippen LogP contribution < -0.4 is 10.6 Å². The van der Waals surface area contributed by atoms with Gasteiger partial charge in [0.2, 0.25) is 11.6 Å². The molecule has 2 atom stereocenters. The third-order valence-electron chi connectivity index (χ3n) is 5.49. The number of piperazine rings is 1. The molecule has 0 aromatic heterocycles. The van der Waals surface area contributed by atoms with Gasteiger partial charge in [0.15, 0.2) is 0 Å². The molecule has 6 amide bonds.